The normalized spacial score (nSPS) is 11.9. The van der Waals surface area contributed by atoms with Gasteiger partial charge in [0.15, 0.2) is 0 Å². The van der Waals surface area contributed by atoms with Gasteiger partial charge in [0.2, 0.25) is 0 Å². The van der Waals surface area contributed by atoms with Crippen molar-refractivity contribution in [1.29, 1.82) is 0 Å². The van der Waals surface area contributed by atoms with Crippen LogP contribution >= 0.6 is 0 Å². The van der Waals surface area contributed by atoms with Crippen molar-refractivity contribution >= 4 is 0 Å². The van der Waals surface area contributed by atoms with Crippen LogP contribution in [0.25, 0.3) is 0 Å². The van der Waals surface area contributed by atoms with Gasteiger partial charge in [-0.3, -0.25) is 0 Å². The zero-order valence-corrected chi connectivity index (χ0v) is 13.0. The minimum Gasteiger partial charge on any atom is -0.496 e. The first-order valence-electron chi connectivity index (χ1n) is 6.99. The van der Waals surface area contributed by atoms with E-state index in [9.17, 15) is 0 Å². The monoisotopic (exact) mass is 264 g/mol. The zero-order chi connectivity index (χ0) is 14.5. The Kier molecular flexibility index (Phi) is 5.83. The van der Waals surface area contributed by atoms with E-state index in [4.69, 9.17) is 10.5 Å². The van der Waals surface area contributed by atoms with Crippen molar-refractivity contribution in [2.75, 3.05) is 20.7 Å². The maximum Gasteiger partial charge on any atom is 0.122 e. The SMILES string of the molecule is CCc1cc(CN(C)CCC(C)(C)N)ccc1OC. The van der Waals surface area contributed by atoms with Gasteiger partial charge in [-0.2, -0.15) is 0 Å². The predicted molar refractivity (Wildman–Crippen MR) is 81.6 cm³/mol. The maximum atomic E-state index is 6.02. The van der Waals surface area contributed by atoms with Crippen LogP contribution in [0, 0.1) is 0 Å². The molecule has 2 N–H and O–H groups in total. The highest BCUT2D eigenvalue weighted by Gasteiger charge is 2.12. The first-order valence-corrected chi connectivity index (χ1v) is 6.99. The average Bonchev–Trinajstić information content (AvgIpc) is 2.35. The summed E-state index contributed by atoms with van der Waals surface area (Å²) < 4.78 is 5.36. The molecule has 0 amide bonds. The number of benzene rings is 1. The fourth-order valence-electron chi connectivity index (χ4n) is 2.08. The number of nitrogens with two attached hydrogens (primary N) is 1. The molecule has 0 bridgehead atoms. The Balaban J connectivity index is 2.61. The summed E-state index contributed by atoms with van der Waals surface area (Å²) in [6, 6.07) is 6.44. The van der Waals surface area contributed by atoms with Crippen molar-refractivity contribution in [2.24, 2.45) is 5.73 Å². The van der Waals surface area contributed by atoms with Crippen LogP contribution < -0.4 is 10.5 Å². The van der Waals surface area contributed by atoms with Crippen LogP contribution in [0.3, 0.4) is 0 Å². The van der Waals surface area contributed by atoms with E-state index >= 15 is 0 Å². The highest BCUT2D eigenvalue weighted by Crippen LogP contribution is 2.21. The molecule has 0 radical (unpaired) electrons. The molecular formula is C16H28N2O. The molecule has 0 saturated heterocycles. The summed E-state index contributed by atoms with van der Waals surface area (Å²) in [5.74, 6) is 0.983. The van der Waals surface area contributed by atoms with Crippen molar-refractivity contribution in [2.45, 2.75) is 45.7 Å². The minimum atomic E-state index is -0.0945. The maximum absolute atomic E-state index is 6.02. The van der Waals surface area contributed by atoms with Gasteiger partial charge in [-0.05, 0) is 57.5 Å². The van der Waals surface area contributed by atoms with Gasteiger partial charge >= 0.3 is 0 Å². The smallest absolute Gasteiger partial charge is 0.122 e. The number of rotatable bonds is 7. The lowest BCUT2D eigenvalue weighted by molar-refractivity contribution is 0.289. The Morgan fingerprint density at radius 2 is 2.00 bits per heavy atom. The summed E-state index contributed by atoms with van der Waals surface area (Å²) in [7, 11) is 3.87. The molecule has 0 aliphatic heterocycles. The second-order valence-corrected chi connectivity index (χ2v) is 5.98. The molecule has 0 heterocycles. The third kappa shape index (κ3) is 5.62. The fraction of sp³-hybridized carbons (Fsp3) is 0.625. The van der Waals surface area contributed by atoms with E-state index in [2.05, 4.69) is 50.9 Å². The lowest BCUT2D eigenvalue weighted by Crippen LogP contribution is -2.36. The van der Waals surface area contributed by atoms with Gasteiger partial charge in [-0.15, -0.1) is 0 Å². The summed E-state index contributed by atoms with van der Waals surface area (Å²) >= 11 is 0. The largest absolute Gasteiger partial charge is 0.496 e. The summed E-state index contributed by atoms with van der Waals surface area (Å²) in [5.41, 5.74) is 8.52. The van der Waals surface area contributed by atoms with Crippen molar-refractivity contribution in [3.8, 4) is 5.75 Å². The first-order chi connectivity index (χ1) is 8.85. The van der Waals surface area contributed by atoms with Crippen LogP contribution in [0.15, 0.2) is 18.2 Å². The van der Waals surface area contributed by atoms with Crippen LogP contribution in [0.2, 0.25) is 0 Å². The molecule has 0 spiro atoms. The molecular weight excluding hydrogens is 236 g/mol. The molecule has 1 rings (SSSR count). The van der Waals surface area contributed by atoms with Gasteiger partial charge in [-0.25, -0.2) is 0 Å². The van der Waals surface area contributed by atoms with E-state index in [0.29, 0.717) is 0 Å². The quantitative estimate of drug-likeness (QED) is 0.823. The molecule has 1 aromatic rings. The Bertz CT molecular complexity index is 396. The molecule has 0 aromatic heterocycles. The topological polar surface area (TPSA) is 38.5 Å². The van der Waals surface area contributed by atoms with Crippen LogP contribution in [0.4, 0.5) is 0 Å². The summed E-state index contributed by atoms with van der Waals surface area (Å²) in [5, 5.41) is 0. The van der Waals surface area contributed by atoms with Gasteiger partial charge in [0, 0.05) is 12.1 Å². The molecule has 0 aliphatic carbocycles. The number of methoxy groups -OCH3 is 1. The summed E-state index contributed by atoms with van der Waals surface area (Å²) in [6.07, 6.45) is 2.00. The molecule has 0 fully saturated rings. The van der Waals surface area contributed by atoms with E-state index in [-0.39, 0.29) is 5.54 Å². The lowest BCUT2D eigenvalue weighted by atomic mass is 10.0. The molecule has 108 valence electrons. The molecule has 0 unspecified atom stereocenters. The van der Waals surface area contributed by atoms with Crippen molar-refractivity contribution in [3.63, 3.8) is 0 Å². The van der Waals surface area contributed by atoms with Crippen LogP contribution in [0.5, 0.6) is 5.75 Å². The number of hydrogen-bond donors (Lipinski definition) is 1. The van der Waals surface area contributed by atoms with Gasteiger partial charge in [-0.1, -0.05) is 19.1 Å². The van der Waals surface area contributed by atoms with Crippen molar-refractivity contribution in [1.82, 2.24) is 4.90 Å². The second kappa shape index (κ2) is 6.92. The molecule has 1 aromatic carbocycles. The zero-order valence-electron chi connectivity index (χ0n) is 13.0. The molecule has 0 atom stereocenters. The molecule has 3 heteroatoms. The molecule has 0 aliphatic rings. The standard InChI is InChI=1S/C16H28N2O/c1-6-14-11-13(7-8-15(14)19-5)12-18(4)10-9-16(2,3)17/h7-8,11H,6,9-10,12,17H2,1-5H3. The second-order valence-electron chi connectivity index (χ2n) is 5.98. The van der Waals surface area contributed by atoms with Gasteiger partial charge in [0.1, 0.15) is 5.75 Å². The third-order valence-corrected chi connectivity index (χ3v) is 3.32. The van der Waals surface area contributed by atoms with E-state index < -0.39 is 0 Å². The van der Waals surface area contributed by atoms with Crippen molar-refractivity contribution < 1.29 is 4.74 Å². The van der Waals surface area contributed by atoms with Crippen LogP contribution in [-0.2, 0) is 13.0 Å². The van der Waals surface area contributed by atoms with Crippen molar-refractivity contribution in [3.05, 3.63) is 29.3 Å². The van der Waals surface area contributed by atoms with E-state index in [0.717, 1.165) is 31.7 Å². The molecule has 0 saturated carbocycles. The Morgan fingerprint density at radius 3 is 2.53 bits per heavy atom. The summed E-state index contributed by atoms with van der Waals surface area (Å²) in [6.45, 7) is 8.26. The molecule has 19 heavy (non-hydrogen) atoms. The Hall–Kier alpha value is -1.06. The van der Waals surface area contributed by atoms with E-state index in [1.807, 2.05) is 0 Å². The van der Waals surface area contributed by atoms with Crippen LogP contribution in [0.1, 0.15) is 38.3 Å². The minimum absolute atomic E-state index is 0.0945. The molecule has 3 nitrogen and oxygen atoms in total. The van der Waals surface area contributed by atoms with Gasteiger partial charge < -0.3 is 15.4 Å². The number of nitrogens with zero attached hydrogens (tertiary/aromatic N) is 1. The first kappa shape index (κ1) is 16.0. The van der Waals surface area contributed by atoms with Gasteiger partial charge in [0.05, 0.1) is 7.11 Å². The Labute approximate surface area is 117 Å². The highest BCUT2D eigenvalue weighted by atomic mass is 16.5. The van der Waals surface area contributed by atoms with E-state index in [1.165, 1.54) is 11.1 Å². The highest BCUT2D eigenvalue weighted by molar-refractivity contribution is 5.37. The predicted octanol–water partition coefficient (Wildman–Crippen LogP) is 2.82. The van der Waals surface area contributed by atoms with E-state index in [1.54, 1.807) is 7.11 Å². The van der Waals surface area contributed by atoms with Gasteiger partial charge in [0.25, 0.3) is 0 Å². The average molecular weight is 264 g/mol. The fourth-order valence-corrected chi connectivity index (χ4v) is 2.08. The third-order valence-electron chi connectivity index (χ3n) is 3.32. The number of hydrogen-bond acceptors (Lipinski definition) is 3. The Morgan fingerprint density at radius 1 is 1.32 bits per heavy atom. The van der Waals surface area contributed by atoms with Crippen LogP contribution in [-0.4, -0.2) is 31.1 Å². The lowest BCUT2D eigenvalue weighted by Gasteiger charge is -2.23. The summed E-state index contributed by atoms with van der Waals surface area (Å²) in [4.78, 5) is 2.32. The number of ether oxygens (including phenoxy) is 1. The number of aryl methyl sites for hydroxylation is 1.